The Morgan fingerprint density at radius 1 is 0.688 bits per heavy atom. The molecule has 5 rings (SSSR count). The summed E-state index contributed by atoms with van der Waals surface area (Å²) in [4.78, 5) is 4.16. The molecule has 3 aromatic heterocycles. The highest BCUT2D eigenvalue weighted by molar-refractivity contribution is 6.16. The maximum atomic E-state index is 5.05. The van der Waals surface area contributed by atoms with Crippen molar-refractivity contribution in [3.05, 3.63) is 85.5 Å². The third-order valence-corrected chi connectivity index (χ3v) is 4.76. The Balaban J connectivity index is 1.31. The first-order valence-corrected chi connectivity index (χ1v) is 9.75. The first kappa shape index (κ1) is 19.1. The fourth-order valence-electron chi connectivity index (χ4n) is 3.20. The van der Waals surface area contributed by atoms with E-state index in [1.807, 2.05) is 48.8 Å². The van der Waals surface area contributed by atoms with E-state index in [2.05, 4.69) is 54.9 Å². The minimum Gasteiger partial charge on any atom is -0.323 e. The minimum absolute atomic E-state index is 0.579. The van der Waals surface area contributed by atoms with E-state index in [0.717, 1.165) is 22.5 Å². The molecule has 10 heteroatoms. The fourth-order valence-corrected chi connectivity index (χ4v) is 3.20. The van der Waals surface area contributed by atoms with Gasteiger partial charge < -0.3 is 5.84 Å². The van der Waals surface area contributed by atoms with E-state index in [-0.39, 0.29) is 0 Å². The summed E-state index contributed by atoms with van der Waals surface area (Å²) in [5.41, 5.74) is 4.11. The largest absolute Gasteiger partial charge is 0.323 e. The van der Waals surface area contributed by atoms with Crippen LogP contribution in [0.2, 0.25) is 0 Å². The van der Waals surface area contributed by atoms with Crippen LogP contribution in [0, 0.1) is 0 Å². The van der Waals surface area contributed by atoms with Crippen molar-refractivity contribution in [2.24, 2.45) is 15.9 Å². The van der Waals surface area contributed by atoms with Crippen LogP contribution in [0.15, 0.2) is 95.5 Å². The summed E-state index contributed by atoms with van der Waals surface area (Å²) in [7, 11) is 0. The van der Waals surface area contributed by atoms with Crippen LogP contribution in [0.1, 0.15) is 0 Å². The summed E-state index contributed by atoms with van der Waals surface area (Å²) in [5, 5.41) is 20.1. The molecule has 0 unspecified atom stereocenters. The van der Waals surface area contributed by atoms with E-state index in [1.54, 1.807) is 26.4 Å². The molecule has 0 aliphatic heterocycles. The van der Waals surface area contributed by atoms with Gasteiger partial charge in [0.25, 0.3) is 0 Å². The third kappa shape index (κ3) is 3.92. The molecule has 156 valence electrons. The predicted molar refractivity (Wildman–Crippen MR) is 122 cm³/mol. The zero-order valence-electron chi connectivity index (χ0n) is 16.8. The van der Waals surface area contributed by atoms with Crippen LogP contribution in [0.25, 0.3) is 28.3 Å². The summed E-state index contributed by atoms with van der Waals surface area (Å²) >= 11 is 0. The maximum absolute atomic E-state index is 5.05. The van der Waals surface area contributed by atoms with Gasteiger partial charge in [0.15, 0.2) is 11.6 Å². The third-order valence-electron chi connectivity index (χ3n) is 4.76. The first-order chi connectivity index (χ1) is 15.8. The van der Waals surface area contributed by atoms with Gasteiger partial charge in [-0.15, -0.1) is 15.3 Å². The molecular formula is C22H18N10. The topological polar surface area (TPSA) is 117 Å². The smallest absolute Gasteiger partial charge is 0.177 e. The molecule has 0 aliphatic rings. The van der Waals surface area contributed by atoms with Gasteiger partial charge in [-0.25, -0.2) is 19.0 Å². The van der Waals surface area contributed by atoms with Crippen molar-refractivity contribution in [3.8, 4) is 28.3 Å². The normalized spacial score (nSPS) is 11.6. The molecule has 0 atom stereocenters. The molecule has 0 amide bonds. The molecule has 2 aromatic carbocycles. The number of rotatable bonds is 6. The number of aliphatic imine (C=N–C) groups is 1. The van der Waals surface area contributed by atoms with E-state index in [4.69, 9.17) is 5.84 Å². The predicted octanol–water partition coefficient (Wildman–Crippen LogP) is 2.95. The maximum Gasteiger partial charge on any atom is 0.177 e. The van der Waals surface area contributed by atoms with Crippen LogP contribution in [-0.2, 0) is 0 Å². The first-order valence-electron chi connectivity index (χ1n) is 9.75. The van der Waals surface area contributed by atoms with Crippen LogP contribution in [-0.4, -0.2) is 47.0 Å². The lowest BCUT2D eigenvalue weighted by molar-refractivity contribution is 0.754. The number of benzene rings is 2. The van der Waals surface area contributed by atoms with Gasteiger partial charge >= 0.3 is 0 Å². The Kier molecular flexibility index (Phi) is 5.07. The lowest BCUT2D eigenvalue weighted by atomic mass is 10.1. The van der Waals surface area contributed by atoms with Gasteiger partial charge in [0, 0.05) is 30.7 Å². The minimum atomic E-state index is 0.579. The molecule has 0 bridgehead atoms. The van der Waals surface area contributed by atoms with Crippen molar-refractivity contribution in [2.75, 3.05) is 0 Å². The van der Waals surface area contributed by atoms with Crippen molar-refractivity contribution < 1.29 is 0 Å². The summed E-state index contributed by atoms with van der Waals surface area (Å²) in [6, 6.07) is 20.1. The number of hydrogen-bond acceptors (Lipinski definition) is 7. The number of nitrogens with two attached hydrogens (primary N) is 1. The van der Waals surface area contributed by atoms with Crippen molar-refractivity contribution in [1.29, 1.82) is 0 Å². The van der Waals surface area contributed by atoms with E-state index in [0.29, 0.717) is 11.6 Å². The molecule has 32 heavy (non-hydrogen) atoms. The standard InChI is InChI=1S/C22H18N10/c23-25-12-11-24-21-9-14-30(27-21)19-5-1-17(2-6-19)18-3-7-20(8-4-18)31-15-10-22(28-31)32-16-13-26-29-32/h1-16H,23H2. The van der Waals surface area contributed by atoms with Gasteiger partial charge in [0.05, 0.1) is 30.0 Å². The summed E-state index contributed by atoms with van der Waals surface area (Å²) < 4.78 is 5.19. The summed E-state index contributed by atoms with van der Waals surface area (Å²) in [6.45, 7) is 0. The monoisotopic (exact) mass is 422 g/mol. The average Bonchev–Trinajstić information content (AvgIpc) is 3.61. The molecule has 0 saturated heterocycles. The van der Waals surface area contributed by atoms with Crippen molar-refractivity contribution in [1.82, 2.24) is 34.6 Å². The lowest BCUT2D eigenvalue weighted by Crippen LogP contribution is -1.99. The molecule has 0 aliphatic carbocycles. The van der Waals surface area contributed by atoms with E-state index < -0.39 is 0 Å². The van der Waals surface area contributed by atoms with E-state index >= 15 is 0 Å². The van der Waals surface area contributed by atoms with E-state index in [9.17, 15) is 0 Å². The Morgan fingerprint density at radius 3 is 1.97 bits per heavy atom. The molecule has 0 radical (unpaired) electrons. The van der Waals surface area contributed by atoms with Crippen LogP contribution >= 0.6 is 0 Å². The second-order valence-corrected chi connectivity index (χ2v) is 6.75. The number of hydrazone groups is 1. The Labute approximate surface area is 183 Å². The van der Waals surface area contributed by atoms with E-state index in [1.165, 1.54) is 12.4 Å². The van der Waals surface area contributed by atoms with Gasteiger partial charge in [-0.2, -0.15) is 5.10 Å². The molecule has 0 saturated carbocycles. The van der Waals surface area contributed by atoms with Crippen molar-refractivity contribution in [2.45, 2.75) is 0 Å². The molecule has 3 heterocycles. The summed E-state index contributed by atoms with van der Waals surface area (Å²) in [5.74, 6) is 6.34. The SMILES string of the molecule is NN=CC=Nc1ccn(-c2ccc(-c3ccc(-n4ccc(-n5ccnn5)n4)cc3)cc2)n1. The highest BCUT2D eigenvalue weighted by Gasteiger charge is 2.06. The van der Waals surface area contributed by atoms with Crippen molar-refractivity contribution >= 4 is 18.2 Å². The van der Waals surface area contributed by atoms with Crippen LogP contribution in [0.4, 0.5) is 5.82 Å². The van der Waals surface area contributed by atoms with Gasteiger partial charge in [-0.1, -0.05) is 29.5 Å². The molecule has 5 aromatic rings. The van der Waals surface area contributed by atoms with Crippen LogP contribution < -0.4 is 5.84 Å². The van der Waals surface area contributed by atoms with Gasteiger partial charge in [-0.05, 0) is 35.4 Å². The van der Waals surface area contributed by atoms with Crippen LogP contribution in [0.3, 0.4) is 0 Å². The molecule has 10 nitrogen and oxygen atoms in total. The Hall–Kier alpha value is -4.86. The Morgan fingerprint density at radius 2 is 1.34 bits per heavy atom. The van der Waals surface area contributed by atoms with Gasteiger partial charge in [0.2, 0.25) is 0 Å². The lowest BCUT2D eigenvalue weighted by Gasteiger charge is -2.06. The number of aromatic nitrogens is 7. The highest BCUT2D eigenvalue weighted by Crippen LogP contribution is 2.23. The second-order valence-electron chi connectivity index (χ2n) is 6.75. The molecule has 2 N–H and O–H groups in total. The fraction of sp³-hybridized carbons (Fsp3) is 0. The number of nitrogens with zero attached hydrogens (tertiary/aromatic N) is 9. The zero-order chi connectivity index (χ0) is 21.8. The molecular weight excluding hydrogens is 404 g/mol. The average molecular weight is 422 g/mol. The highest BCUT2D eigenvalue weighted by atomic mass is 15.5. The number of hydrogen-bond donors (Lipinski definition) is 1. The zero-order valence-corrected chi connectivity index (χ0v) is 16.8. The molecule has 0 spiro atoms. The van der Waals surface area contributed by atoms with Gasteiger partial charge in [-0.3, -0.25) is 0 Å². The van der Waals surface area contributed by atoms with Crippen LogP contribution in [0.5, 0.6) is 0 Å². The Bertz CT molecular complexity index is 1360. The second kappa shape index (κ2) is 8.48. The summed E-state index contributed by atoms with van der Waals surface area (Å²) in [6.07, 6.45) is 10.0. The van der Waals surface area contributed by atoms with Crippen molar-refractivity contribution in [3.63, 3.8) is 0 Å². The quantitative estimate of drug-likeness (QED) is 0.256. The van der Waals surface area contributed by atoms with Gasteiger partial charge in [0.1, 0.15) is 0 Å². The molecule has 0 fully saturated rings.